The zero-order chi connectivity index (χ0) is 17.7. The molecule has 1 saturated heterocycles. The van der Waals surface area contributed by atoms with Crippen LogP contribution in [0.3, 0.4) is 0 Å². The normalized spacial score (nSPS) is 15.4. The maximum absolute atomic E-state index is 11.7. The molecule has 8 heteroatoms. The van der Waals surface area contributed by atoms with Crippen molar-refractivity contribution in [2.45, 2.75) is 6.92 Å². The third-order valence-electron chi connectivity index (χ3n) is 3.06. The lowest BCUT2D eigenvalue weighted by Gasteiger charge is -2.14. The van der Waals surface area contributed by atoms with Crippen LogP contribution < -0.4 is 14.8 Å². The molecular formula is C16H18N2O4S2. The molecule has 0 aromatic heterocycles. The van der Waals surface area contributed by atoms with E-state index in [1.54, 1.807) is 38.4 Å². The summed E-state index contributed by atoms with van der Waals surface area (Å²) in [5, 5.41) is 2.57. The minimum atomic E-state index is -0.208. The standard InChI is InChI=1S/C16H18N2O4S2/c1-4-21-12-7-10(8-13-15(20)17-16(23)24-13)5-6-11(12)22-9-14(19)18(2)3/h5-8H,4,9H2,1-3H3,(H,17,20,23)/b13-8+. The molecule has 0 bridgehead atoms. The minimum absolute atomic E-state index is 0.0694. The summed E-state index contributed by atoms with van der Waals surface area (Å²) < 4.78 is 11.5. The van der Waals surface area contributed by atoms with Crippen molar-refractivity contribution in [2.24, 2.45) is 0 Å². The van der Waals surface area contributed by atoms with Crippen molar-refractivity contribution < 1.29 is 19.1 Å². The van der Waals surface area contributed by atoms with Crippen LogP contribution >= 0.6 is 24.0 Å². The number of likely N-dealkylation sites (N-methyl/N-ethyl adjacent to an activating group) is 1. The van der Waals surface area contributed by atoms with Crippen molar-refractivity contribution in [3.8, 4) is 11.5 Å². The van der Waals surface area contributed by atoms with Crippen LogP contribution in [0.5, 0.6) is 11.5 Å². The maximum atomic E-state index is 11.7. The number of amides is 2. The average Bonchev–Trinajstić information content (AvgIpc) is 2.84. The first-order chi connectivity index (χ1) is 11.4. The Balaban J connectivity index is 2.20. The number of benzene rings is 1. The van der Waals surface area contributed by atoms with E-state index in [1.807, 2.05) is 6.92 Å². The van der Waals surface area contributed by atoms with E-state index in [0.717, 1.165) is 5.56 Å². The Morgan fingerprint density at radius 1 is 1.33 bits per heavy atom. The molecule has 128 valence electrons. The van der Waals surface area contributed by atoms with E-state index in [0.29, 0.717) is 27.3 Å². The molecule has 0 spiro atoms. The van der Waals surface area contributed by atoms with Crippen molar-refractivity contribution >= 4 is 46.2 Å². The predicted molar refractivity (Wildman–Crippen MR) is 98.1 cm³/mol. The number of hydrogen-bond acceptors (Lipinski definition) is 6. The van der Waals surface area contributed by atoms with Crippen molar-refractivity contribution in [2.75, 3.05) is 27.3 Å². The molecule has 0 radical (unpaired) electrons. The van der Waals surface area contributed by atoms with Gasteiger partial charge in [0, 0.05) is 14.1 Å². The van der Waals surface area contributed by atoms with Crippen LogP contribution in [0.25, 0.3) is 6.08 Å². The van der Waals surface area contributed by atoms with E-state index >= 15 is 0 Å². The second-order valence-corrected chi connectivity index (χ2v) is 6.79. The van der Waals surface area contributed by atoms with E-state index < -0.39 is 0 Å². The summed E-state index contributed by atoms with van der Waals surface area (Å²) in [5.41, 5.74) is 0.784. The molecule has 1 aliphatic rings. The molecular weight excluding hydrogens is 348 g/mol. The third kappa shape index (κ3) is 4.72. The first-order valence-corrected chi connectivity index (χ1v) is 8.48. The highest BCUT2D eigenvalue weighted by molar-refractivity contribution is 8.26. The molecule has 2 amide bonds. The Labute approximate surface area is 150 Å². The number of nitrogens with one attached hydrogen (secondary N) is 1. The molecule has 1 aliphatic heterocycles. The molecule has 1 aromatic rings. The first kappa shape index (κ1) is 18.3. The number of carbonyl (C=O) groups excluding carboxylic acids is 2. The maximum Gasteiger partial charge on any atom is 0.263 e. The van der Waals surface area contributed by atoms with Gasteiger partial charge in [0.2, 0.25) is 0 Å². The van der Waals surface area contributed by atoms with Gasteiger partial charge in [-0.2, -0.15) is 0 Å². The summed E-state index contributed by atoms with van der Waals surface area (Å²) in [4.78, 5) is 25.3. The zero-order valence-electron chi connectivity index (χ0n) is 13.6. The molecule has 2 rings (SSSR count). The summed E-state index contributed by atoms with van der Waals surface area (Å²) >= 11 is 6.19. The van der Waals surface area contributed by atoms with Gasteiger partial charge in [0.25, 0.3) is 11.8 Å². The number of nitrogens with zero attached hydrogens (tertiary/aromatic N) is 1. The van der Waals surface area contributed by atoms with Gasteiger partial charge in [0.05, 0.1) is 11.5 Å². The van der Waals surface area contributed by atoms with Gasteiger partial charge in [-0.05, 0) is 30.7 Å². The molecule has 1 aromatic carbocycles. The van der Waals surface area contributed by atoms with E-state index in [1.165, 1.54) is 16.7 Å². The number of ether oxygens (including phenoxy) is 2. The largest absolute Gasteiger partial charge is 0.490 e. The number of carbonyl (C=O) groups is 2. The van der Waals surface area contributed by atoms with Gasteiger partial charge >= 0.3 is 0 Å². The van der Waals surface area contributed by atoms with Crippen LogP contribution in [-0.2, 0) is 9.59 Å². The lowest BCUT2D eigenvalue weighted by atomic mass is 10.2. The summed E-state index contributed by atoms with van der Waals surface area (Å²) in [5.74, 6) is 0.647. The summed E-state index contributed by atoms with van der Waals surface area (Å²) in [6, 6.07) is 5.28. The number of thiocarbonyl (C=S) groups is 1. The van der Waals surface area contributed by atoms with Gasteiger partial charge in [0.1, 0.15) is 4.32 Å². The van der Waals surface area contributed by atoms with Crippen LogP contribution in [0.4, 0.5) is 0 Å². The lowest BCUT2D eigenvalue weighted by Crippen LogP contribution is -2.27. The fourth-order valence-electron chi connectivity index (χ4n) is 1.84. The highest BCUT2D eigenvalue weighted by Gasteiger charge is 2.22. The summed E-state index contributed by atoms with van der Waals surface area (Å²) in [7, 11) is 3.33. The molecule has 24 heavy (non-hydrogen) atoms. The van der Waals surface area contributed by atoms with Gasteiger partial charge in [-0.1, -0.05) is 30.0 Å². The Bertz CT molecular complexity index is 701. The fourth-order valence-corrected chi connectivity index (χ4v) is 2.89. The molecule has 0 aliphatic carbocycles. The highest BCUT2D eigenvalue weighted by Crippen LogP contribution is 2.31. The van der Waals surface area contributed by atoms with Gasteiger partial charge in [-0.25, -0.2) is 0 Å². The van der Waals surface area contributed by atoms with Gasteiger partial charge in [0.15, 0.2) is 18.1 Å². The average molecular weight is 366 g/mol. The Morgan fingerprint density at radius 2 is 2.08 bits per heavy atom. The topological polar surface area (TPSA) is 67.9 Å². The molecule has 1 heterocycles. The Hall–Kier alpha value is -2.06. The second-order valence-electron chi connectivity index (χ2n) is 5.07. The number of thioether (sulfide) groups is 1. The van der Waals surface area contributed by atoms with Crippen molar-refractivity contribution in [3.63, 3.8) is 0 Å². The van der Waals surface area contributed by atoms with Crippen molar-refractivity contribution in [1.29, 1.82) is 0 Å². The predicted octanol–water partition coefficient (Wildman–Crippen LogP) is 2.04. The third-order valence-corrected chi connectivity index (χ3v) is 4.22. The molecule has 0 atom stereocenters. The Morgan fingerprint density at radius 3 is 2.67 bits per heavy atom. The summed E-state index contributed by atoms with van der Waals surface area (Å²) in [6.07, 6.45) is 1.73. The zero-order valence-corrected chi connectivity index (χ0v) is 15.3. The van der Waals surface area contributed by atoms with E-state index in [4.69, 9.17) is 21.7 Å². The van der Waals surface area contributed by atoms with Crippen LogP contribution in [0.15, 0.2) is 23.1 Å². The molecule has 1 N–H and O–H groups in total. The van der Waals surface area contributed by atoms with Crippen LogP contribution in [0.2, 0.25) is 0 Å². The van der Waals surface area contributed by atoms with Crippen molar-refractivity contribution in [3.05, 3.63) is 28.7 Å². The highest BCUT2D eigenvalue weighted by atomic mass is 32.2. The SMILES string of the molecule is CCOc1cc(/C=C2/SC(=S)NC2=O)ccc1OCC(=O)N(C)C. The smallest absolute Gasteiger partial charge is 0.263 e. The van der Waals surface area contributed by atoms with E-state index in [9.17, 15) is 9.59 Å². The first-order valence-electron chi connectivity index (χ1n) is 7.25. The molecule has 1 fully saturated rings. The Kier molecular flexibility index (Phi) is 6.22. The second kappa shape index (κ2) is 8.16. The van der Waals surface area contributed by atoms with Gasteiger partial charge < -0.3 is 19.7 Å². The number of rotatable bonds is 6. The van der Waals surface area contributed by atoms with Crippen LogP contribution in [0.1, 0.15) is 12.5 Å². The van der Waals surface area contributed by atoms with E-state index in [-0.39, 0.29) is 18.4 Å². The van der Waals surface area contributed by atoms with Gasteiger partial charge in [-0.3, -0.25) is 9.59 Å². The quantitative estimate of drug-likeness (QED) is 0.614. The fraction of sp³-hybridized carbons (Fsp3) is 0.312. The minimum Gasteiger partial charge on any atom is -0.490 e. The van der Waals surface area contributed by atoms with E-state index in [2.05, 4.69) is 5.32 Å². The molecule has 0 unspecified atom stereocenters. The molecule has 0 saturated carbocycles. The molecule has 6 nitrogen and oxygen atoms in total. The summed E-state index contributed by atoms with van der Waals surface area (Å²) in [6.45, 7) is 2.25. The van der Waals surface area contributed by atoms with Crippen molar-refractivity contribution in [1.82, 2.24) is 10.2 Å². The lowest BCUT2D eigenvalue weighted by molar-refractivity contribution is -0.130. The van der Waals surface area contributed by atoms with Gasteiger partial charge in [-0.15, -0.1) is 0 Å². The van der Waals surface area contributed by atoms with Crippen LogP contribution in [-0.4, -0.2) is 48.3 Å². The monoisotopic (exact) mass is 366 g/mol. The van der Waals surface area contributed by atoms with Crippen LogP contribution in [0, 0.1) is 0 Å². The number of hydrogen-bond donors (Lipinski definition) is 1.